The maximum atomic E-state index is 12.0. The van der Waals surface area contributed by atoms with E-state index in [9.17, 15) is 9.46 Å². The maximum absolute atomic E-state index is 12.0. The molecule has 0 aliphatic carbocycles. The zero-order valence-electron chi connectivity index (χ0n) is 23.8. The third-order valence-corrected chi connectivity index (χ3v) is 7.20. The molecular weight excluding hydrogens is 465 g/mol. The lowest BCUT2D eigenvalue weighted by Crippen LogP contribution is -2.37. The van der Waals surface area contributed by atoms with Gasteiger partial charge in [0.2, 0.25) is 0 Å². The number of hydrogen-bond donors (Lipinski definition) is 1. The molecule has 0 aromatic carbocycles. The van der Waals surface area contributed by atoms with Gasteiger partial charge in [0.25, 0.3) is 0 Å². The van der Waals surface area contributed by atoms with Crippen LogP contribution in [0.4, 0.5) is 0 Å². The molecule has 0 aliphatic rings. The normalized spacial score (nSPS) is 14.8. The topological polar surface area (TPSA) is 74.2 Å². The van der Waals surface area contributed by atoms with Crippen molar-refractivity contribution >= 4 is 7.82 Å². The number of hydrogen-bond acceptors (Lipinski definition) is 5. The van der Waals surface area contributed by atoms with E-state index in [0.717, 1.165) is 6.42 Å². The predicted octanol–water partition coefficient (Wildman–Crippen LogP) is 7.12. The fraction of sp³-hybridized carbons (Fsp3) is 1.00. The Morgan fingerprint density at radius 3 is 1.57 bits per heavy atom. The molecule has 2 atom stereocenters. The van der Waals surface area contributed by atoms with Gasteiger partial charge < -0.3 is 18.9 Å². The fourth-order valence-corrected chi connectivity index (χ4v) is 4.54. The summed E-state index contributed by atoms with van der Waals surface area (Å²) in [5.74, 6) is 0. The molecule has 0 radical (unpaired) electrons. The molecule has 0 saturated carbocycles. The first-order chi connectivity index (χ1) is 16.7. The van der Waals surface area contributed by atoms with Crippen molar-refractivity contribution in [3.63, 3.8) is 0 Å². The van der Waals surface area contributed by atoms with E-state index in [4.69, 9.17) is 18.5 Å². The summed E-state index contributed by atoms with van der Waals surface area (Å²) in [5, 5.41) is 0. The molecule has 0 saturated heterocycles. The van der Waals surface area contributed by atoms with Gasteiger partial charge in [-0.1, -0.05) is 103 Å². The lowest BCUT2D eigenvalue weighted by Gasteiger charge is -2.24. The van der Waals surface area contributed by atoms with Crippen LogP contribution in [0.5, 0.6) is 0 Å². The third kappa shape index (κ3) is 26.9. The fourth-order valence-electron chi connectivity index (χ4n) is 3.80. The third-order valence-electron chi connectivity index (χ3n) is 6.22. The van der Waals surface area contributed by atoms with Crippen LogP contribution in [0.3, 0.4) is 0 Å². The number of unbranched alkanes of at least 4 members (excludes halogenated alkanes) is 15. The minimum atomic E-state index is -4.07. The first-order valence-corrected chi connectivity index (χ1v) is 15.7. The molecule has 0 aliphatic heterocycles. The number of phosphoric acid groups is 1. The zero-order valence-corrected chi connectivity index (χ0v) is 24.7. The Labute approximate surface area is 217 Å². The number of quaternary nitrogens is 1. The first-order valence-electron chi connectivity index (χ1n) is 14.2. The highest BCUT2D eigenvalue weighted by atomic mass is 31.2. The van der Waals surface area contributed by atoms with Gasteiger partial charge in [0, 0.05) is 13.7 Å². The molecule has 0 aromatic rings. The Hall–Kier alpha value is -0.0100. The van der Waals surface area contributed by atoms with Crippen LogP contribution in [0, 0.1) is 0 Å². The average molecular weight is 525 g/mol. The Bertz CT molecular complexity index is 501. The van der Waals surface area contributed by atoms with Crippen LogP contribution in [-0.2, 0) is 23.1 Å². The molecule has 0 bridgehead atoms. The second-order valence-corrected chi connectivity index (χ2v) is 12.3. The summed E-state index contributed by atoms with van der Waals surface area (Å²) >= 11 is 0. The summed E-state index contributed by atoms with van der Waals surface area (Å²) < 4.78 is 33.7. The van der Waals surface area contributed by atoms with Gasteiger partial charge in [-0.05, 0) is 6.42 Å². The van der Waals surface area contributed by atoms with Gasteiger partial charge in [-0.25, -0.2) is 4.57 Å². The molecule has 0 fully saturated rings. The molecule has 8 heteroatoms. The van der Waals surface area contributed by atoms with Crippen LogP contribution < -0.4 is 0 Å². The van der Waals surface area contributed by atoms with Crippen molar-refractivity contribution in [3.8, 4) is 0 Å². The van der Waals surface area contributed by atoms with E-state index in [0.29, 0.717) is 24.2 Å². The number of rotatable bonds is 27. The van der Waals surface area contributed by atoms with Crippen LogP contribution in [0.25, 0.3) is 0 Å². The Kier molecular flexibility index (Phi) is 23.1. The standard InChI is InChI=1S/C27H58NO6P/c1-6-7-8-9-10-11-12-13-14-15-16-17-18-19-20-21-23-32-25-27(31-5)26-34-35(29,30)33-24-22-28(2,3)4/h27H,6-26H2,1-5H3/p+1/t27-/m0/s1. The van der Waals surface area contributed by atoms with Gasteiger partial charge in [0.05, 0.1) is 34.4 Å². The highest BCUT2D eigenvalue weighted by molar-refractivity contribution is 7.47. The predicted molar refractivity (Wildman–Crippen MR) is 146 cm³/mol. The molecule has 7 nitrogen and oxygen atoms in total. The average Bonchev–Trinajstić information content (AvgIpc) is 2.79. The van der Waals surface area contributed by atoms with E-state index in [2.05, 4.69) is 6.92 Å². The monoisotopic (exact) mass is 524 g/mol. The Morgan fingerprint density at radius 1 is 0.686 bits per heavy atom. The molecule has 0 rings (SSSR count). The van der Waals surface area contributed by atoms with E-state index in [-0.39, 0.29) is 13.2 Å². The first kappa shape index (κ1) is 35.0. The molecule has 35 heavy (non-hydrogen) atoms. The Balaban J connectivity index is 3.49. The molecule has 0 heterocycles. The molecule has 212 valence electrons. The summed E-state index contributed by atoms with van der Waals surface area (Å²) in [4.78, 5) is 9.79. The summed E-state index contributed by atoms with van der Waals surface area (Å²) in [7, 11) is 3.45. The second kappa shape index (κ2) is 23.1. The Morgan fingerprint density at radius 2 is 1.14 bits per heavy atom. The van der Waals surface area contributed by atoms with Gasteiger partial charge in [-0.2, -0.15) is 0 Å². The molecular formula is C27H59NO6P+. The minimum absolute atomic E-state index is 0.0341. The van der Waals surface area contributed by atoms with Crippen molar-refractivity contribution in [2.24, 2.45) is 0 Å². The van der Waals surface area contributed by atoms with Crippen LogP contribution in [-0.4, -0.2) is 76.7 Å². The number of methoxy groups -OCH3 is 1. The largest absolute Gasteiger partial charge is 0.472 e. The van der Waals surface area contributed by atoms with Crippen molar-refractivity contribution in [2.45, 2.75) is 116 Å². The summed E-state index contributed by atoms with van der Waals surface area (Å²) in [5.41, 5.74) is 0. The van der Waals surface area contributed by atoms with E-state index in [1.54, 1.807) is 7.11 Å². The quantitative estimate of drug-likeness (QED) is 0.0701. The van der Waals surface area contributed by atoms with E-state index < -0.39 is 13.9 Å². The van der Waals surface area contributed by atoms with Gasteiger partial charge in [-0.3, -0.25) is 9.05 Å². The van der Waals surface area contributed by atoms with Crippen LogP contribution in [0.15, 0.2) is 0 Å². The highest BCUT2D eigenvalue weighted by Gasteiger charge is 2.24. The smallest absolute Gasteiger partial charge is 0.379 e. The SMILES string of the molecule is CCCCCCCCCCCCCCCCCCOC[C@@H](COP(=O)(O)OCC[N+](C)(C)C)OC. The summed E-state index contributed by atoms with van der Waals surface area (Å²) in [6.07, 6.45) is 21.2. The van der Waals surface area contributed by atoms with Crippen molar-refractivity contribution in [1.29, 1.82) is 0 Å². The molecule has 0 amide bonds. The van der Waals surface area contributed by atoms with Crippen molar-refractivity contribution in [2.75, 3.05) is 61.2 Å². The van der Waals surface area contributed by atoms with Crippen LogP contribution >= 0.6 is 7.82 Å². The zero-order chi connectivity index (χ0) is 26.3. The minimum Gasteiger partial charge on any atom is -0.379 e. The number of nitrogens with zero attached hydrogens (tertiary/aromatic N) is 1. The highest BCUT2D eigenvalue weighted by Crippen LogP contribution is 2.43. The maximum Gasteiger partial charge on any atom is 0.472 e. The molecule has 0 spiro atoms. The van der Waals surface area contributed by atoms with E-state index >= 15 is 0 Å². The van der Waals surface area contributed by atoms with E-state index in [1.807, 2.05) is 21.1 Å². The van der Waals surface area contributed by atoms with E-state index in [1.165, 1.54) is 96.3 Å². The van der Waals surface area contributed by atoms with Crippen molar-refractivity contribution in [1.82, 2.24) is 0 Å². The summed E-state index contributed by atoms with van der Waals surface area (Å²) in [6, 6.07) is 0. The van der Waals surface area contributed by atoms with Gasteiger partial charge in [-0.15, -0.1) is 0 Å². The van der Waals surface area contributed by atoms with Gasteiger partial charge in [0.1, 0.15) is 19.3 Å². The van der Waals surface area contributed by atoms with Crippen LogP contribution in [0.2, 0.25) is 0 Å². The molecule has 1 unspecified atom stereocenters. The molecule has 1 N–H and O–H groups in total. The van der Waals surface area contributed by atoms with Crippen molar-refractivity contribution in [3.05, 3.63) is 0 Å². The van der Waals surface area contributed by atoms with Crippen LogP contribution in [0.1, 0.15) is 110 Å². The number of likely N-dealkylation sites (N-methyl/N-ethyl adjacent to an activating group) is 1. The summed E-state index contributed by atoms with van der Waals surface area (Å²) in [6.45, 7) is 4.03. The number of ether oxygens (including phenoxy) is 2. The second-order valence-electron chi connectivity index (χ2n) is 10.8. The lowest BCUT2D eigenvalue weighted by atomic mass is 10.0. The number of phosphoric ester groups is 1. The van der Waals surface area contributed by atoms with Gasteiger partial charge >= 0.3 is 7.82 Å². The van der Waals surface area contributed by atoms with Crippen molar-refractivity contribution < 1.29 is 32.5 Å². The molecule has 0 aromatic heterocycles. The van der Waals surface area contributed by atoms with Gasteiger partial charge in [0.15, 0.2) is 0 Å². The lowest BCUT2D eigenvalue weighted by molar-refractivity contribution is -0.870.